The minimum absolute atomic E-state index is 0.0126. The first-order valence-electron chi connectivity index (χ1n) is 13.9. The first kappa shape index (κ1) is 28.3. The van der Waals surface area contributed by atoms with Crippen LogP contribution in [0.5, 0.6) is 0 Å². The number of carbonyl (C=O) groups excluding carboxylic acids is 1. The Hall–Kier alpha value is -2.24. The van der Waals surface area contributed by atoms with Crippen LogP contribution in [0.15, 0.2) is 48.5 Å². The van der Waals surface area contributed by atoms with Gasteiger partial charge in [0.2, 0.25) is 5.91 Å². The molecule has 1 heterocycles. The number of likely N-dealkylation sites (tertiary alicyclic amines) is 1. The topological polar surface area (TPSA) is 26.8 Å². The van der Waals surface area contributed by atoms with Crippen molar-refractivity contribution in [1.29, 1.82) is 0 Å². The first-order valence-corrected chi connectivity index (χ1v) is 13.9. The van der Waals surface area contributed by atoms with E-state index < -0.39 is 0 Å². The van der Waals surface area contributed by atoms with E-state index >= 15 is 0 Å². The second kappa shape index (κ2) is 13.9. The summed E-state index contributed by atoms with van der Waals surface area (Å²) in [5, 5.41) is 0. The smallest absolute Gasteiger partial charge is 0.239 e. The van der Waals surface area contributed by atoms with Gasteiger partial charge in [-0.3, -0.25) is 14.6 Å². The van der Waals surface area contributed by atoms with Gasteiger partial charge in [-0.05, 0) is 81.9 Å². The summed E-state index contributed by atoms with van der Waals surface area (Å²) in [5.74, 6) is 0.537. The molecule has 0 spiro atoms. The predicted molar refractivity (Wildman–Crippen MR) is 148 cm³/mol. The fourth-order valence-electron chi connectivity index (χ4n) is 5.44. The number of hydrogen-bond donors (Lipinski definition) is 0. The average molecular weight is 496 g/mol. The summed E-state index contributed by atoms with van der Waals surface area (Å²) in [6.07, 6.45) is 4.56. The molecule has 0 aromatic heterocycles. The van der Waals surface area contributed by atoms with Crippen LogP contribution in [0.25, 0.3) is 0 Å². The van der Waals surface area contributed by atoms with Crippen LogP contribution in [-0.2, 0) is 4.79 Å². The quantitative estimate of drug-likeness (QED) is 0.346. The maximum absolute atomic E-state index is 13.8. The van der Waals surface area contributed by atoms with Gasteiger partial charge < -0.3 is 4.90 Å². The van der Waals surface area contributed by atoms with Crippen molar-refractivity contribution in [2.24, 2.45) is 5.92 Å². The van der Waals surface area contributed by atoms with Gasteiger partial charge in [0.05, 0.1) is 12.1 Å². The second-order valence-corrected chi connectivity index (χ2v) is 10.7. The number of hydrogen-bond acceptors (Lipinski definition) is 3. The zero-order chi connectivity index (χ0) is 26.1. The second-order valence-electron chi connectivity index (χ2n) is 10.7. The number of carbonyl (C=O) groups is 1. The molecule has 1 fully saturated rings. The maximum Gasteiger partial charge on any atom is 0.239 e. The minimum atomic E-state index is -0.221. The van der Waals surface area contributed by atoms with Gasteiger partial charge in [-0.25, -0.2) is 4.39 Å². The SMILES string of the molecule is CCN(CCN(CC)C(c1ccc(C)cc1)c1ccc(F)cc1)C(=O)[C@H](CC(C)C)N1CCCCC1. The third kappa shape index (κ3) is 7.63. The lowest BCUT2D eigenvalue weighted by Crippen LogP contribution is -2.52. The molecule has 1 aliphatic heterocycles. The normalized spacial score (nSPS) is 16.3. The molecule has 0 bridgehead atoms. The number of halogens is 1. The number of nitrogens with zero attached hydrogens (tertiary/aromatic N) is 3. The zero-order valence-corrected chi connectivity index (χ0v) is 23.0. The molecule has 3 rings (SSSR count). The van der Waals surface area contributed by atoms with Crippen LogP contribution in [0.3, 0.4) is 0 Å². The van der Waals surface area contributed by atoms with Crippen molar-refractivity contribution in [1.82, 2.24) is 14.7 Å². The summed E-state index contributed by atoms with van der Waals surface area (Å²) in [5.41, 5.74) is 3.48. The molecule has 0 saturated carbocycles. The third-order valence-electron chi connectivity index (χ3n) is 7.51. The van der Waals surface area contributed by atoms with Crippen LogP contribution in [0, 0.1) is 18.7 Å². The van der Waals surface area contributed by atoms with E-state index in [4.69, 9.17) is 0 Å². The summed E-state index contributed by atoms with van der Waals surface area (Å²) < 4.78 is 13.7. The van der Waals surface area contributed by atoms with Crippen LogP contribution < -0.4 is 0 Å². The Kier molecular flexibility index (Phi) is 10.9. The number of piperidine rings is 1. The van der Waals surface area contributed by atoms with Crippen molar-refractivity contribution in [3.63, 3.8) is 0 Å². The van der Waals surface area contributed by atoms with Crippen molar-refractivity contribution in [3.8, 4) is 0 Å². The van der Waals surface area contributed by atoms with E-state index in [-0.39, 0.29) is 23.8 Å². The Labute approximate surface area is 218 Å². The van der Waals surface area contributed by atoms with E-state index in [0.29, 0.717) is 19.0 Å². The molecule has 2 atom stereocenters. The molecule has 4 nitrogen and oxygen atoms in total. The highest BCUT2D eigenvalue weighted by Gasteiger charge is 2.31. The summed E-state index contributed by atoms with van der Waals surface area (Å²) in [7, 11) is 0. The molecule has 1 aliphatic rings. The lowest BCUT2D eigenvalue weighted by atomic mass is 9.96. The lowest BCUT2D eigenvalue weighted by Gasteiger charge is -2.38. The van der Waals surface area contributed by atoms with Gasteiger partial charge in [-0.2, -0.15) is 0 Å². The van der Waals surface area contributed by atoms with E-state index in [9.17, 15) is 9.18 Å². The standard InChI is InChI=1S/C31H46FN3O/c1-6-33(30(26-13-11-25(5)12-14-26)27-15-17-28(32)18-16-27)21-22-34(7-2)31(36)29(23-24(3)4)35-19-9-8-10-20-35/h11-18,24,29-30H,6-10,19-23H2,1-5H3/t29-,30?/m0/s1. The van der Waals surface area contributed by atoms with Crippen molar-refractivity contribution in [3.05, 3.63) is 71.0 Å². The van der Waals surface area contributed by atoms with Crippen molar-refractivity contribution in [2.45, 2.75) is 72.4 Å². The van der Waals surface area contributed by atoms with Crippen LogP contribution in [0.4, 0.5) is 4.39 Å². The van der Waals surface area contributed by atoms with E-state index in [1.165, 1.54) is 30.4 Å². The van der Waals surface area contributed by atoms with E-state index in [2.05, 4.69) is 73.6 Å². The first-order chi connectivity index (χ1) is 17.3. The Balaban J connectivity index is 1.80. The van der Waals surface area contributed by atoms with Crippen molar-refractivity contribution < 1.29 is 9.18 Å². The van der Waals surface area contributed by atoms with Crippen LogP contribution in [0.1, 0.15) is 76.1 Å². The monoisotopic (exact) mass is 495 g/mol. The Bertz CT molecular complexity index is 876. The van der Waals surface area contributed by atoms with Crippen LogP contribution in [0.2, 0.25) is 0 Å². The molecule has 0 aliphatic carbocycles. The Morgan fingerprint density at radius 1 is 0.889 bits per heavy atom. The molecule has 36 heavy (non-hydrogen) atoms. The summed E-state index contributed by atoms with van der Waals surface area (Å²) in [6.45, 7) is 15.8. The Morgan fingerprint density at radius 3 is 2.00 bits per heavy atom. The largest absolute Gasteiger partial charge is 0.340 e. The minimum Gasteiger partial charge on any atom is -0.340 e. The molecular weight excluding hydrogens is 449 g/mol. The van der Waals surface area contributed by atoms with Gasteiger partial charge in [-0.1, -0.05) is 69.2 Å². The maximum atomic E-state index is 13.8. The highest BCUT2D eigenvalue weighted by atomic mass is 19.1. The fraction of sp³-hybridized carbons (Fsp3) is 0.581. The van der Waals surface area contributed by atoms with Crippen LogP contribution >= 0.6 is 0 Å². The predicted octanol–water partition coefficient (Wildman–Crippen LogP) is 6.29. The van der Waals surface area contributed by atoms with Crippen molar-refractivity contribution >= 4 is 5.91 Å². The fourth-order valence-corrected chi connectivity index (χ4v) is 5.44. The number of aryl methyl sites for hydroxylation is 1. The summed E-state index contributed by atoms with van der Waals surface area (Å²) in [4.78, 5) is 20.7. The number of amides is 1. The highest BCUT2D eigenvalue weighted by molar-refractivity contribution is 5.82. The number of rotatable bonds is 12. The van der Waals surface area contributed by atoms with E-state index in [1.54, 1.807) is 12.1 Å². The van der Waals surface area contributed by atoms with Gasteiger partial charge >= 0.3 is 0 Å². The molecule has 5 heteroatoms. The summed E-state index contributed by atoms with van der Waals surface area (Å²) >= 11 is 0. The van der Waals surface area contributed by atoms with Gasteiger partial charge in [0.1, 0.15) is 5.82 Å². The van der Waals surface area contributed by atoms with Gasteiger partial charge in [0.25, 0.3) is 0 Å². The number of benzene rings is 2. The molecule has 0 N–H and O–H groups in total. The molecule has 1 unspecified atom stereocenters. The lowest BCUT2D eigenvalue weighted by molar-refractivity contribution is -0.138. The van der Waals surface area contributed by atoms with Gasteiger partial charge in [0, 0.05) is 19.6 Å². The molecule has 198 valence electrons. The Morgan fingerprint density at radius 2 is 1.47 bits per heavy atom. The molecule has 1 amide bonds. The van der Waals surface area contributed by atoms with Gasteiger partial charge in [0.15, 0.2) is 0 Å². The van der Waals surface area contributed by atoms with E-state index in [0.717, 1.165) is 38.2 Å². The molecule has 2 aromatic rings. The highest BCUT2D eigenvalue weighted by Crippen LogP contribution is 2.29. The zero-order valence-electron chi connectivity index (χ0n) is 23.0. The van der Waals surface area contributed by atoms with Crippen LogP contribution in [-0.4, -0.2) is 65.9 Å². The molecule has 1 saturated heterocycles. The average Bonchev–Trinajstić information content (AvgIpc) is 2.89. The summed E-state index contributed by atoms with van der Waals surface area (Å²) in [6, 6.07) is 15.5. The number of likely N-dealkylation sites (N-methyl/N-ethyl adjacent to an activating group) is 2. The van der Waals surface area contributed by atoms with Crippen molar-refractivity contribution in [2.75, 3.05) is 39.3 Å². The molecule has 0 radical (unpaired) electrons. The van der Waals surface area contributed by atoms with E-state index in [1.807, 2.05) is 12.1 Å². The third-order valence-corrected chi connectivity index (χ3v) is 7.51. The molecular formula is C31H46FN3O. The molecule has 2 aromatic carbocycles. The van der Waals surface area contributed by atoms with Gasteiger partial charge in [-0.15, -0.1) is 0 Å².